The fourth-order valence-electron chi connectivity index (χ4n) is 2.32. The van der Waals surface area contributed by atoms with E-state index in [1.165, 1.54) is 6.07 Å². The van der Waals surface area contributed by atoms with Crippen LogP contribution in [0, 0.1) is 0 Å². The third kappa shape index (κ3) is 4.33. The minimum absolute atomic E-state index is 0.159. The number of anilines is 2. The molecule has 1 aliphatic rings. The van der Waals surface area contributed by atoms with Crippen LogP contribution >= 0.6 is 0 Å². The first kappa shape index (κ1) is 16.1. The number of nitrogens with one attached hydrogen (secondary N) is 2. The molecular formula is C14H23N3O3S. The van der Waals surface area contributed by atoms with Gasteiger partial charge in [-0.15, -0.1) is 0 Å². The van der Waals surface area contributed by atoms with Crippen LogP contribution in [-0.2, 0) is 14.8 Å². The van der Waals surface area contributed by atoms with Crippen LogP contribution in [-0.4, -0.2) is 34.2 Å². The summed E-state index contributed by atoms with van der Waals surface area (Å²) in [6.07, 6.45) is 3.45. The SMILES string of the molecule is CCNS(=O)(=O)c1ccc(N)c(NCC2CCCCO2)c1. The monoisotopic (exact) mass is 313 g/mol. The first-order valence-electron chi connectivity index (χ1n) is 7.27. The summed E-state index contributed by atoms with van der Waals surface area (Å²) >= 11 is 0. The van der Waals surface area contributed by atoms with E-state index in [9.17, 15) is 8.42 Å². The van der Waals surface area contributed by atoms with Gasteiger partial charge in [-0.25, -0.2) is 13.1 Å². The summed E-state index contributed by atoms with van der Waals surface area (Å²) in [4.78, 5) is 0.214. The van der Waals surface area contributed by atoms with Crippen molar-refractivity contribution < 1.29 is 13.2 Å². The second-order valence-corrected chi connectivity index (χ2v) is 6.89. The Kier molecular flexibility index (Phi) is 5.44. The molecule has 0 saturated carbocycles. The molecule has 118 valence electrons. The van der Waals surface area contributed by atoms with E-state index < -0.39 is 10.0 Å². The van der Waals surface area contributed by atoms with Gasteiger partial charge in [-0.1, -0.05) is 6.92 Å². The van der Waals surface area contributed by atoms with E-state index in [0.717, 1.165) is 25.9 Å². The average molecular weight is 313 g/mol. The van der Waals surface area contributed by atoms with E-state index in [2.05, 4.69) is 10.0 Å². The second-order valence-electron chi connectivity index (χ2n) is 5.12. The second kappa shape index (κ2) is 7.11. The summed E-state index contributed by atoms with van der Waals surface area (Å²) in [6, 6.07) is 4.68. The number of ether oxygens (including phenoxy) is 1. The lowest BCUT2D eigenvalue weighted by Gasteiger charge is -2.23. The minimum Gasteiger partial charge on any atom is -0.397 e. The van der Waals surface area contributed by atoms with Gasteiger partial charge in [0.25, 0.3) is 0 Å². The predicted octanol–water partition coefficient (Wildman–Crippen LogP) is 1.55. The maximum atomic E-state index is 12.0. The maximum absolute atomic E-state index is 12.0. The molecule has 7 heteroatoms. The number of hydrogen-bond acceptors (Lipinski definition) is 5. The highest BCUT2D eigenvalue weighted by Crippen LogP contribution is 2.23. The van der Waals surface area contributed by atoms with E-state index >= 15 is 0 Å². The van der Waals surface area contributed by atoms with Gasteiger partial charge in [0.05, 0.1) is 22.4 Å². The fourth-order valence-corrected chi connectivity index (χ4v) is 3.39. The minimum atomic E-state index is -3.47. The van der Waals surface area contributed by atoms with Gasteiger partial charge >= 0.3 is 0 Å². The number of sulfonamides is 1. The summed E-state index contributed by atoms with van der Waals surface area (Å²) in [6.45, 7) is 3.52. The van der Waals surface area contributed by atoms with Crippen molar-refractivity contribution in [3.8, 4) is 0 Å². The first-order chi connectivity index (χ1) is 10.0. The lowest BCUT2D eigenvalue weighted by Crippen LogP contribution is -2.27. The maximum Gasteiger partial charge on any atom is 0.240 e. The van der Waals surface area contributed by atoms with Crippen molar-refractivity contribution in [2.75, 3.05) is 30.7 Å². The number of benzene rings is 1. The summed E-state index contributed by atoms with van der Waals surface area (Å²) < 4.78 is 32.1. The van der Waals surface area contributed by atoms with Crippen LogP contribution in [0.5, 0.6) is 0 Å². The highest BCUT2D eigenvalue weighted by molar-refractivity contribution is 7.89. The molecule has 4 N–H and O–H groups in total. The van der Waals surface area contributed by atoms with Gasteiger partial charge in [0.1, 0.15) is 0 Å². The zero-order valence-electron chi connectivity index (χ0n) is 12.3. The van der Waals surface area contributed by atoms with Crippen LogP contribution in [0.4, 0.5) is 11.4 Å². The van der Waals surface area contributed by atoms with Crippen molar-refractivity contribution in [2.45, 2.75) is 37.2 Å². The molecule has 1 aliphatic heterocycles. The lowest BCUT2D eigenvalue weighted by molar-refractivity contribution is 0.0248. The molecule has 6 nitrogen and oxygen atoms in total. The smallest absolute Gasteiger partial charge is 0.240 e. The molecule has 0 aromatic heterocycles. The molecule has 0 radical (unpaired) electrons. The normalized spacial score (nSPS) is 19.4. The largest absolute Gasteiger partial charge is 0.397 e. The lowest BCUT2D eigenvalue weighted by atomic mass is 10.1. The summed E-state index contributed by atoms with van der Waals surface area (Å²) in [5, 5.41) is 3.20. The first-order valence-corrected chi connectivity index (χ1v) is 8.76. The third-order valence-corrected chi connectivity index (χ3v) is 5.01. The number of hydrogen-bond donors (Lipinski definition) is 3. The fraction of sp³-hybridized carbons (Fsp3) is 0.571. The third-order valence-electron chi connectivity index (χ3n) is 3.46. The Morgan fingerprint density at radius 2 is 2.19 bits per heavy atom. The van der Waals surface area contributed by atoms with Crippen LogP contribution in [0.1, 0.15) is 26.2 Å². The van der Waals surface area contributed by atoms with Crippen LogP contribution in [0.2, 0.25) is 0 Å². The average Bonchev–Trinajstić information content (AvgIpc) is 2.47. The van der Waals surface area contributed by atoms with Crippen molar-refractivity contribution in [3.63, 3.8) is 0 Å². The van der Waals surface area contributed by atoms with Gasteiger partial charge in [-0.2, -0.15) is 0 Å². The zero-order valence-corrected chi connectivity index (χ0v) is 13.1. The van der Waals surface area contributed by atoms with Gasteiger partial charge in [0.15, 0.2) is 0 Å². The number of rotatable bonds is 6. The molecule has 0 spiro atoms. The Labute approximate surface area is 126 Å². The molecule has 2 rings (SSSR count). The van der Waals surface area contributed by atoms with E-state index in [0.29, 0.717) is 24.5 Å². The molecule has 0 amide bonds. The molecule has 1 atom stereocenters. The Balaban J connectivity index is 2.08. The molecule has 1 heterocycles. The van der Waals surface area contributed by atoms with E-state index in [-0.39, 0.29) is 11.0 Å². The zero-order chi connectivity index (χ0) is 15.3. The molecule has 1 saturated heterocycles. The topological polar surface area (TPSA) is 93.5 Å². The Morgan fingerprint density at radius 3 is 2.86 bits per heavy atom. The van der Waals surface area contributed by atoms with Gasteiger partial charge in [-0.05, 0) is 37.5 Å². The van der Waals surface area contributed by atoms with Crippen molar-refractivity contribution in [1.82, 2.24) is 4.72 Å². The molecule has 1 aromatic carbocycles. The predicted molar refractivity (Wildman–Crippen MR) is 83.8 cm³/mol. The van der Waals surface area contributed by atoms with Gasteiger partial charge in [-0.3, -0.25) is 0 Å². The molecule has 21 heavy (non-hydrogen) atoms. The molecule has 1 unspecified atom stereocenters. The summed E-state index contributed by atoms with van der Waals surface area (Å²) in [5.74, 6) is 0. The highest BCUT2D eigenvalue weighted by Gasteiger charge is 2.16. The van der Waals surface area contributed by atoms with Crippen LogP contribution in [0.15, 0.2) is 23.1 Å². The van der Waals surface area contributed by atoms with Crippen molar-refractivity contribution in [3.05, 3.63) is 18.2 Å². The van der Waals surface area contributed by atoms with Gasteiger partial charge in [0.2, 0.25) is 10.0 Å². The number of nitrogen functional groups attached to an aromatic ring is 1. The number of nitrogens with two attached hydrogens (primary N) is 1. The van der Waals surface area contributed by atoms with Crippen LogP contribution in [0.3, 0.4) is 0 Å². The standard InChI is InChI=1S/C14H23N3O3S/c1-2-17-21(18,19)12-6-7-13(15)14(9-12)16-10-11-5-3-4-8-20-11/h6-7,9,11,16-17H,2-5,8,10,15H2,1H3. The molecule has 1 fully saturated rings. The Bertz CT molecular complexity index is 569. The van der Waals surface area contributed by atoms with E-state index in [1.54, 1.807) is 19.1 Å². The Morgan fingerprint density at radius 1 is 1.38 bits per heavy atom. The van der Waals surface area contributed by atoms with Crippen molar-refractivity contribution in [2.24, 2.45) is 0 Å². The summed E-state index contributed by atoms with van der Waals surface area (Å²) in [5.41, 5.74) is 7.06. The molecular weight excluding hydrogens is 290 g/mol. The van der Waals surface area contributed by atoms with Crippen molar-refractivity contribution in [1.29, 1.82) is 0 Å². The Hall–Kier alpha value is -1.31. The van der Waals surface area contributed by atoms with Crippen molar-refractivity contribution >= 4 is 21.4 Å². The molecule has 0 bridgehead atoms. The van der Waals surface area contributed by atoms with E-state index in [1.807, 2.05) is 0 Å². The molecule has 0 aliphatic carbocycles. The quantitative estimate of drug-likeness (QED) is 0.693. The van der Waals surface area contributed by atoms with Gasteiger partial charge in [0, 0.05) is 19.7 Å². The van der Waals surface area contributed by atoms with Crippen LogP contribution < -0.4 is 15.8 Å². The summed E-state index contributed by atoms with van der Waals surface area (Å²) in [7, 11) is -3.47. The van der Waals surface area contributed by atoms with E-state index in [4.69, 9.17) is 10.5 Å². The van der Waals surface area contributed by atoms with Gasteiger partial charge < -0.3 is 15.8 Å². The van der Waals surface area contributed by atoms with Crippen LogP contribution in [0.25, 0.3) is 0 Å². The molecule has 1 aromatic rings. The highest BCUT2D eigenvalue weighted by atomic mass is 32.2.